The molecule has 1 atom stereocenters. The van der Waals surface area contributed by atoms with E-state index in [9.17, 15) is 14.4 Å². The van der Waals surface area contributed by atoms with E-state index < -0.39 is 23.7 Å². The molecule has 1 N–H and O–H groups in total. The van der Waals surface area contributed by atoms with Crippen LogP contribution in [-0.2, 0) is 20.9 Å². The van der Waals surface area contributed by atoms with Gasteiger partial charge >= 0.3 is 5.97 Å². The molecule has 26 heavy (non-hydrogen) atoms. The highest BCUT2D eigenvalue weighted by Crippen LogP contribution is 2.27. The van der Waals surface area contributed by atoms with Crippen LogP contribution >= 0.6 is 11.6 Å². The fourth-order valence-corrected chi connectivity index (χ4v) is 2.46. The third-order valence-corrected chi connectivity index (χ3v) is 3.80. The Bertz CT molecular complexity index is 807. The van der Waals surface area contributed by atoms with Crippen LogP contribution in [0.2, 0.25) is 5.02 Å². The van der Waals surface area contributed by atoms with Crippen molar-refractivity contribution in [1.82, 2.24) is 5.32 Å². The zero-order valence-electron chi connectivity index (χ0n) is 14.3. The minimum absolute atomic E-state index is 0.159. The van der Waals surface area contributed by atoms with E-state index in [0.29, 0.717) is 12.4 Å². The summed E-state index contributed by atoms with van der Waals surface area (Å²) in [6.07, 6.45) is 0. The van der Waals surface area contributed by atoms with Crippen molar-refractivity contribution in [2.45, 2.75) is 19.6 Å². The second-order valence-corrected chi connectivity index (χ2v) is 5.85. The Labute approximate surface area is 156 Å². The lowest BCUT2D eigenvalue weighted by molar-refractivity contribution is -0.143. The van der Waals surface area contributed by atoms with Crippen LogP contribution in [0.15, 0.2) is 48.5 Å². The van der Waals surface area contributed by atoms with E-state index in [1.807, 2.05) is 30.3 Å². The molecule has 0 heterocycles. The van der Waals surface area contributed by atoms with Crippen LogP contribution in [0, 0.1) is 0 Å². The maximum absolute atomic E-state index is 12.5. The molecular formula is C19H18ClNO5. The number of halogens is 1. The summed E-state index contributed by atoms with van der Waals surface area (Å²) in [5.41, 5.74) is 1.13. The van der Waals surface area contributed by atoms with Gasteiger partial charge in [0.1, 0.15) is 12.4 Å². The fraction of sp³-hybridized carbons (Fsp3) is 0.211. The minimum Gasteiger partial charge on any atom is -0.487 e. The topological polar surface area (TPSA) is 81.7 Å². The number of hydrogen-bond donors (Lipinski definition) is 1. The first-order chi connectivity index (χ1) is 12.4. The van der Waals surface area contributed by atoms with Crippen LogP contribution < -0.4 is 10.1 Å². The number of esters is 1. The molecule has 7 heteroatoms. The molecule has 0 spiro atoms. The Kier molecular flexibility index (Phi) is 6.74. The third-order valence-electron chi connectivity index (χ3n) is 3.50. The molecule has 1 unspecified atom stereocenters. The summed E-state index contributed by atoms with van der Waals surface area (Å²) in [4.78, 5) is 35.5. The number of benzene rings is 2. The number of ether oxygens (including phenoxy) is 2. The molecule has 0 saturated carbocycles. The van der Waals surface area contributed by atoms with E-state index in [0.717, 1.165) is 12.7 Å². The molecule has 6 nitrogen and oxygen atoms in total. The van der Waals surface area contributed by atoms with Crippen LogP contribution in [0.3, 0.4) is 0 Å². The molecule has 0 radical (unpaired) electrons. The van der Waals surface area contributed by atoms with E-state index in [1.54, 1.807) is 6.07 Å². The lowest BCUT2D eigenvalue weighted by Crippen LogP contribution is -2.46. The van der Waals surface area contributed by atoms with Gasteiger partial charge in [0.05, 0.1) is 12.1 Å². The van der Waals surface area contributed by atoms with Crippen molar-refractivity contribution in [2.24, 2.45) is 0 Å². The summed E-state index contributed by atoms with van der Waals surface area (Å²) in [6, 6.07) is 12.5. The van der Waals surface area contributed by atoms with Crippen molar-refractivity contribution >= 4 is 29.3 Å². The summed E-state index contributed by atoms with van der Waals surface area (Å²) < 4.78 is 10.2. The van der Waals surface area contributed by atoms with E-state index >= 15 is 0 Å². The third kappa shape index (κ3) is 5.07. The first-order valence-electron chi connectivity index (χ1n) is 7.77. The lowest BCUT2D eigenvalue weighted by atomic mass is 10.0. The zero-order chi connectivity index (χ0) is 19.1. The number of hydrogen-bond acceptors (Lipinski definition) is 5. The first-order valence-corrected chi connectivity index (χ1v) is 8.15. The average molecular weight is 376 g/mol. The van der Waals surface area contributed by atoms with Crippen molar-refractivity contribution in [2.75, 3.05) is 7.11 Å². The molecule has 2 rings (SSSR count). The standard InChI is InChI=1S/C19H18ClNO5/c1-12(22)21-17(19(24)25-2)18(23)14-8-9-16(15(20)10-14)26-11-13-6-4-3-5-7-13/h3-10,17H,11H2,1-2H3,(H,21,22). The second kappa shape index (κ2) is 9.01. The highest BCUT2D eigenvalue weighted by atomic mass is 35.5. The molecule has 1 amide bonds. The molecule has 0 aliphatic carbocycles. The maximum atomic E-state index is 12.5. The Morgan fingerprint density at radius 3 is 2.38 bits per heavy atom. The summed E-state index contributed by atoms with van der Waals surface area (Å²) in [5, 5.41) is 2.49. The predicted molar refractivity (Wildman–Crippen MR) is 96.2 cm³/mol. The van der Waals surface area contributed by atoms with Gasteiger partial charge in [0, 0.05) is 12.5 Å². The predicted octanol–water partition coefficient (Wildman–Crippen LogP) is 2.78. The molecule has 0 aromatic heterocycles. The summed E-state index contributed by atoms with van der Waals surface area (Å²) in [6.45, 7) is 1.53. The van der Waals surface area contributed by atoms with Gasteiger partial charge in [-0.1, -0.05) is 41.9 Å². The molecule has 2 aromatic rings. The number of amides is 1. The van der Waals surface area contributed by atoms with Crippen LogP contribution in [-0.4, -0.2) is 30.8 Å². The van der Waals surface area contributed by atoms with Crippen LogP contribution in [0.25, 0.3) is 0 Å². The van der Waals surface area contributed by atoms with E-state index in [-0.39, 0.29) is 10.6 Å². The summed E-state index contributed by atoms with van der Waals surface area (Å²) in [5.74, 6) is -1.60. The molecular weight excluding hydrogens is 358 g/mol. The fourth-order valence-electron chi connectivity index (χ4n) is 2.23. The maximum Gasteiger partial charge on any atom is 0.336 e. The molecule has 2 aromatic carbocycles. The van der Waals surface area contributed by atoms with Crippen molar-refractivity contribution in [3.05, 3.63) is 64.7 Å². The number of Topliss-reactive ketones (excluding diaryl/α,β-unsaturated/α-hetero) is 1. The van der Waals surface area contributed by atoms with Gasteiger partial charge in [-0.3, -0.25) is 9.59 Å². The molecule has 136 valence electrons. The Hall–Kier alpha value is -2.86. The summed E-state index contributed by atoms with van der Waals surface area (Å²) in [7, 11) is 1.14. The Morgan fingerprint density at radius 2 is 1.81 bits per heavy atom. The van der Waals surface area contributed by atoms with Gasteiger partial charge in [-0.2, -0.15) is 0 Å². The van der Waals surface area contributed by atoms with E-state index in [1.165, 1.54) is 19.1 Å². The van der Waals surface area contributed by atoms with Crippen LogP contribution in [0.4, 0.5) is 0 Å². The number of methoxy groups -OCH3 is 1. The van der Waals surface area contributed by atoms with Gasteiger partial charge in [-0.25, -0.2) is 4.79 Å². The van der Waals surface area contributed by atoms with Crippen molar-refractivity contribution in [3.8, 4) is 5.75 Å². The van der Waals surface area contributed by atoms with E-state index in [4.69, 9.17) is 16.3 Å². The average Bonchev–Trinajstić information content (AvgIpc) is 2.64. The van der Waals surface area contributed by atoms with Crippen molar-refractivity contribution < 1.29 is 23.9 Å². The number of carbonyl (C=O) groups is 3. The van der Waals surface area contributed by atoms with Gasteiger partial charge in [0.2, 0.25) is 5.91 Å². The molecule has 0 bridgehead atoms. The number of carbonyl (C=O) groups excluding carboxylic acids is 3. The quantitative estimate of drug-likeness (QED) is 0.457. The van der Waals surface area contributed by atoms with Crippen molar-refractivity contribution in [1.29, 1.82) is 0 Å². The monoisotopic (exact) mass is 375 g/mol. The number of ketones is 1. The largest absolute Gasteiger partial charge is 0.487 e. The van der Waals surface area contributed by atoms with Gasteiger partial charge in [0.15, 0.2) is 11.8 Å². The smallest absolute Gasteiger partial charge is 0.336 e. The van der Waals surface area contributed by atoms with E-state index in [2.05, 4.69) is 10.1 Å². The molecule has 0 aliphatic heterocycles. The molecule has 0 aliphatic rings. The van der Waals surface area contributed by atoms with Gasteiger partial charge in [-0.15, -0.1) is 0 Å². The number of nitrogens with one attached hydrogen (secondary N) is 1. The molecule has 0 saturated heterocycles. The van der Waals surface area contributed by atoms with Crippen molar-refractivity contribution in [3.63, 3.8) is 0 Å². The highest BCUT2D eigenvalue weighted by molar-refractivity contribution is 6.32. The highest BCUT2D eigenvalue weighted by Gasteiger charge is 2.29. The Balaban J connectivity index is 2.15. The number of rotatable bonds is 7. The van der Waals surface area contributed by atoms with Gasteiger partial charge in [0.25, 0.3) is 0 Å². The first kappa shape index (κ1) is 19.5. The van der Waals surface area contributed by atoms with Crippen LogP contribution in [0.5, 0.6) is 5.75 Å². The SMILES string of the molecule is COC(=O)C(NC(C)=O)C(=O)c1ccc(OCc2ccccc2)c(Cl)c1. The molecule has 0 fully saturated rings. The normalized spacial score (nSPS) is 11.3. The Morgan fingerprint density at radius 1 is 1.12 bits per heavy atom. The van der Waals surface area contributed by atoms with Gasteiger partial charge < -0.3 is 14.8 Å². The van der Waals surface area contributed by atoms with Crippen LogP contribution in [0.1, 0.15) is 22.8 Å². The zero-order valence-corrected chi connectivity index (χ0v) is 15.1. The minimum atomic E-state index is -1.43. The van der Waals surface area contributed by atoms with Gasteiger partial charge in [-0.05, 0) is 23.8 Å². The summed E-state index contributed by atoms with van der Waals surface area (Å²) >= 11 is 6.18. The lowest BCUT2D eigenvalue weighted by Gasteiger charge is -2.15. The second-order valence-electron chi connectivity index (χ2n) is 5.44.